The first-order chi connectivity index (χ1) is 7.72. The van der Waals surface area contributed by atoms with Crippen LogP contribution in [-0.4, -0.2) is 22.8 Å². The highest BCUT2D eigenvalue weighted by molar-refractivity contribution is 5.87. The van der Waals surface area contributed by atoms with Crippen LogP contribution in [0.25, 0.3) is 0 Å². The maximum absolute atomic E-state index is 10.2. The fraction of sp³-hybridized carbons (Fsp3) is 0.308. The van der Waals surface area contributed by atoms with E-state index in [-0.39, 0.29) is 6.61 Å². The number of carboxylic acids is 1. The molecule has 16 heavy (non-hydrogen) atoms. The van der Waals surface area contributed by atoms with Crippen molar-refractivity contribution in [1.82, 2.24) is 0 Å². The van der Waals surface area contributed by atoms with Gasteiger partial charge in [-0.05, 0) is 25.0 Å². The summed E-state index contributed by atoms with van der Waals surface area (Å²) in [6.45, 7) is 2.35. The maximum atomic E-state index is 10.2. The first kappa shape index (κ1) is 14.4. The predicted octanol–water partition coefficient (Wildman–Crippen LogP) is 2.72. The molecule has 88 valence electrons. The number of aromatic carboxylic acids is 1. The Bertz CT molecular complexity index is 304. The van der Waals surface area contributed by atoms with E-state index in [1.54, 1.807) is 30.3 Å². The lowest BCUT2D eigenvalue weighted by Crippen LogP contribution is -1.93. The minimum atomic E-state index is -0.879. The van der Waals surface area contributed by atoms with Crippen molar-refractivity contribution >= 4 is 5.97 Å². The van der Waals surface area contributed by atoms with Gasteiger partial charge in [0.1, 0.15) is 0 Å². The molecular weight excluding hydrogens is 204 g/mol. The third-order valence-electron chi connectivity index (χ3n) is 1.72. The van der Waals surface area contributed by atoms with Crippen LogP contribution in [0.5, 0.6) is 0 Å². The second-order valence-corrected chi connectivity index (χ2v) is 3.06. The summed E-state index contributed by atoms with van der Waals surface area (Å²) < 4.78 is 0. The van der Waals surface area contributed by atoms with E-state index in [1.807, 2.05) is 6.08 Å². The summed E-state index contributed by atoms with van der Waals surface area (Å²) in [5.41, 5.74) is 0.331. The number of rotatable bonds is 4. The zero-order chi connectivity index (χ0) is 12.2. The lowest BCUT2D eigenvalue weighted by Gasteiger charge is -1.88. The summed E-state index contributed by atoms with van der Waals surface area (Å²) in [4.78, 5) is 10.2. The van der Waals surface area contributed by atoms with Crippen LogP contribution in [-0.2, 0) is 0 Å². The van der Waals surface area contributed by atoms with Gasteiger partial charge in [0, 0.05) is 6.61 Å². The number of benzene rings is 1. The first-order valence-corrected chi connectivity index (χ1v) is 5.26. The molecule has 0 aromatic heterocycles. The van der Waals surface area contributed by atoms with Gasteiger partial charge in [-0.1, -0.05) is 37.3 Å². The first-order valence-electron chi connectivity index (χ1n) is 5.26. The molecule has 1 aromatic rings. The molecule has 0 saturated carbocycles. The largest absolute Gasteiger partial charge is 0.478 e. The zero-order valence-corrected chi connectivity index (χ0v) is 9.47. The van der Waals surface area contributed by atoms with E-state index < -0.39 is 5.97 Å². The van der Waals surface area contributed by atoms with Gasteiger partial charge < -0.3 is 10.2 Å². The lowest BCUT2D eigenvalue weighted by atomic mass is 10.2. The molecule has 0 fully saturated rings. The molecule has 0 saturated heterocycles. The number of hydrogen-bond acceptors (Lipinski definition) is 2. The minimum absolute atomic E-state index is 0.274. The highest BCUT2D eigenvalue weighted by atomic mass is 16.4. The van der Waals surface area contributed by atoms with Crippen molar-refractivity contribution in [3.8, 4) is 0 Å². The Hall–Kier alpha value is -1.61. The van der Waals surface area contributed by atoms with Gasteiger partial charge >= 0.3 is 5.97 Å². The highest BCUT2D eigenvalue weighted by Gasteiger charge is 1.96. The Morgan fingerprint density at radius 1 is 1.25 bits per heavy atom. The number of hydrogen-bond donors (Lipinski definition) is 2. The molecule has 0 aliphatic rings. The van der Waals surface area contributed by atoms with Crippen molar-refractivity contribution in [3.05, 3.63) is 48.0 Å². The van der Waals surface area contributed by atoms with Gasteiger partial charge in [0.15, 0.2) is 0 Å². The van der Waals surface area contributed by atoms with Gasteiger partial charge in [0.25, 0.3) is 0 Å². The topological polar surface area (TPSA) is 57.5 Å². The Labute approximate surface area is 96.1 Å². The molecule has 1 aromatic carbocycles. The Morgan fingerprint density at radius 3 is 2.25 bits per heavy atom. The van der Waals surface area contributed by atoms with Crippen molar-refractivity contribution in [2.75, 3.05) is 6.61 Å². The second kappa shape index (κ2) is 9.93. The zero-order valence-electron chi connectivity index (χ0n) is 9.47. The molecular formula is C13H18O3. The quantitative estimate of drug-likeness (QED) is 0.770. The molecule has 0 aliphatic carbocycles. The van der Waals surface area contributed by atoms with Crippen LogP contribution in [0.15, 0.2) is 42.5 Å². The molecule has 0 aliphatic heterocycles. The normalized spacial score (nSPS) is 9.62. The molecule has 3 heteroatoms. The van der Waals surface area contributed by atoms with Crippen molar-refractivity contribution in [2.24, 2.45) is 0 Å². The van der Waals surface area contributed by atoms with E-state index in [1.165, 1.54) is 0 Å². The van der Waals surface area contributed by atoms with Gasteiger partial charge in [-0.15, -0.1) is 0 Å². The Kier molecular flexibility index (Phi) is 8.93. The summed E-state index contributed by atoms with van der Waals surface area (Å²) in [5, 5.41) is 16.6. The van der Waals surface area contributed by atoms with Crippen molar-refractivity contribution in [3.63, 3.8) is 0 Å². The summed E-state index contributed by atoms with van der Waals surface area (Å²) in [6.07, 6.45) is 5.91. The van der Waals surface area contributed by atoms with Crippen molar-refractivity contribution in [1.29, 1.82) is 0 Å². The van der Waals surface area contributed by atoms with Crippen LogP contribution in [0.4, 0.5) is 0 Å². The number of carbonyl (C=O) groups is 1. The van der Waals surface area contributed by atoms with Gasteiger partial charge in [0.2, 0.25) is 0 Å². The van der Waals surface area contributed by atoms with E-state index in [0.29, 0.717) is 5.56 Å². The average molecular weight is 222 g/mol. The average Bonchev–Trinajstić information content (AvgIpc) is 2.32. The van der Waals surface area contributed by atoms with E-state index in [9.17, 15) is 4.79 Å². The van der Waals surface area contributed by atoms with Crippen LogP contribution >= 0.6 is 0 Å². The third kappa shape index (κ3) is 7.76. The SMILES string of the molecule is CCC=CCCO.O=C(O)c1ccccc1. The molecule has 0 bridgehead atoms. The van der Waals surface area contributed by atoms with Gasteiger partial charge in [-0.25, -0.2) is 4.79 Å². The number of aliphatic hydroxyl groups is 1. The summed E-state index contributed by atoms with van der Waals surface area (Å²) in [7, 11) is 0. The molecule has 0 heterocycles. The molecule has 2 N–H and O–H groups in total. The molecule has 0 radical (unpaired) electrons. The third-order valence-corrected chi connectivity index (χ3v) is 1.72. The van der Waals surface area contributed by atoms with Crippen LogP contribution in [0.3, 0.4) is 0 Å². The number of carboxylic acid groups (broad SMARTS) is 1. The van der Waals surface area contributed by atoms with E-state index in [2.05, 4.69) is 13.0 Å². The fourth-order valence-corrected chi connectivity index (χ4v) is 0.940. The number of aliphatic hydroxyl groups excluding tert-OH is 1. The Morgan fingerprint density at radius 2 is 1.88 bits per heavy atom. The molecule has 0 atom stereocenters. The van der Waals surface area contributed by atoms with Crippen LogP contribution in [0.2, 0.25) is 0 Å². The maximum Gasteiger partial charge on any atom is 0.335 e. The standard InChI is InChI=1S/C7H6O2.C6H12O/c8-7(9)6-4-2-1-3-5-6;1-2-3-4-5-6-7/h1-5H,(H,8,9);3-4,7H,2,5-6H2,1H3. The summed E-state index contributed by atoms with van der Waals surface area (Å²) in [6, 6.07) is 8.30. The molecule has 0 amide bonds. The predicted molar refractivity (Wildman–Crippen MR) is 64.5 cm³/mol. The molecule has 0 unspecified atom stereocenters. The lowest BCUT2D eigenvalue weighted by molar-refractivity contribution is 0.0697. The number of allylic oxidation sites excluding steroid dienone is 1. The smallest absolute Gasteiger partial charge is 0.335 e. The summed E-state index contributed by atoms with van der Waals surface area (Å²) >= 11 is 0. The van der Waals surface area contributed by atoms with Gasteiger partial charge in [-0.2, -0.15) is 0 Å². The minimum Gasteiger partial charge on any atom is -0.478 e. The molecule has 1 rings (SSSR count). The highest BCUT2D eigenvalue weighted by Crippen LogP contribution is 1.96. The van der Waals surface area contributed by atoms with Crippen LogP contribution in [0.1, 0.15) is 30.1 Å². The molecule has 0 spiro atoms. The second-order valence-electron chi connectivity index (χ2n) is 3.06. The fourth-order valence-electron chi connectivity index (χ4n) is 0.940. The summed E-state index contributed by atoms with van der Waals surface area (Å²) in [5.74, 6) is -0.879. The van der Waals surface area contributed by atoms with Crippen molar-refractivity contribution < 1.29 is 15.0 Å². The van der Waals surface area contributed by atoms with Crippen LogP contribution < -0.4 is 0 Å². The van der Waals surface area contributed by atoms with Crippen molar-refractivity contribution in [2.45, 2.75) is 19.8 Å². The van der Waals surface area contributed by atoms with Crippen LogP contribution in [0, 0.1) is 0 Å². The van der Waals surface area contributed by atoms with E-state index in [4.69, 9.17) is 10.2 Å². The Balaban J connectivity index is 0.000000293. The van der Waals surface area contributed by atoms with E-state index in [0.717, 1.165) is 12.8 Å². The van der Waals surface area contributed by atoms with E-state index >= 15 is 0 Å². The molecule has 3 nitrogen and oxygen atoms in total. The van der Waals surface area contributed by atoms with Gasteiger partial charge in [-0.3, -0.25) is 0 Å². The monoisotopic (exact) mass is 222 g/mol. The van der Waals surface area contributed by atoms with Gasteiger partial charge in [0.05, 0.1) is 5.56 Å².